The van der Waals surface area contributed by atoms with Gasteiger partial charge in [0.05, 0.1) is 0 Å². The van der Waals surface area contributed by atoms with Crippen molar-refractivity contribution < 1.29 is 9.53 Å². The fourth-order valence-electron chi connectivity index (χ4n) is 1.62. The number of hydrogen-bond donors (Lipinski definition) is 0. The van der Waals surface area contributed by atoms with E-state index in [1.165, 1.54) is 0 Å². The predicted octanol–water partition coefficient (Wildman–Crippen LogP) is 2.62. The number of benzene rings is 1. The molecule has 1 aromatic carbocycles. The van der Waals surface area contributed by atoms with Gasteiger partial charge < -0.3 is 4.74 Å². The topological polar surface area (TPSA) is 39.2 Å². The van der Waals surface area contributed by atoms with Crippen molar-refractivity contribution in [3.05, 3.63) is 59.4 Å². The van der Waals surface area contributed by atoms with Gasteiger partial charge >= 0.3 is 0 Å². The molecular formula is C15H14NO2. The zero-order chi connectivity index (χ0) is 12.8. The van der Waals surface area contributed by atoms with Crippen molar-refractivity contribution in [3.63, 3.8) is 0 Å². The molecule has 1 radical (unpaired) electrons. The molecule has 1 heterocycles. The van der Waals surface area contributed by atoms with E-state index in [-0.39, 0.29) is 0 Å². The molecule has 2 aromatic rings. The summed E-state index contributed by atoms with van der Waals surface area (Å²) in [6.07, 6.45) is 3.96. The van der Waals surface area contributed by atoms with E-state index in [1.807, 2.05) is 49.6 Å². The van der Waals surface area contributed by atoms with Crippen molar-refractivity contribution in [1.82, 2.24) is 4.98 Å². The van der Waals surface area contributed by atoms with Crippen LogP contribution in [0.3, 0.4) is 0 Å². The third-order valence-electron chi connectivity index (χ3n) is 2.71. The van der Waals surface area contributed by atoms with Crippen LogP contribution in [-0.4, -0.2) is 11.3 Å². The first-order valence-electron chi connectivity index (χ1n) is 5.77. The molecule has 0 aliphatic rings. The first-order chi connectivity index (χ1) is 8.79. The molecule has 0 aliphatic carbocycles. The summed E-state index contributed by atoms with van der Waals surface area (Å²) >= 11 is 0. The highest BCUT2D eigenvalue weighted by molar-refractivity contribution is 5.55. The predicted molar refractivity (Wildman–Crippen MR) is 69.1 cm³/mol. The minimum absolute atomic E-state index is 0.321. The monoisotopic (exact) mass is 240 g/mol. The molecule has 0 N–H and O–H groups in total. The molecule has 0 amide bonds. The van der Waals surface area contributed by atoms with E-state index in [0.717, 1.165) is 22.6 Å². The summed E-state index contributed by atoms with van der Waals surface area (Å²) in [4.78, 5) is 14.5. The van der Waals surface area contributed by atoms with Crippen molar-refractivity contribution >= 4 is 6.29 Å². The fourth-order valence-corrected chi connectivity index (χ4v) is 1.62. The van der Waals surface area contributed by atoms with E-state index in [1.54, 1.807) is 6.20 Å². The van der Waals surface area contributed by atoms with Gasteiger partial charge in [0.25, 0.3) is 0 Å². The zero-order valence-electron chi connectivity index (χ0n) is 10.2. The average molecular weight is 240 g/mol. The lowest BCUT2D eigenvalue weighted by Crippen LogP contribution is -1.99. The van der Waals surface area contributed by atoms with Crippen molar-refractivity contribution in [3.8, 4) is 5.75 Å². The van der Waals surface area contributed by atoms with Gasteiger partial charge in [-0.05, 0) is 30.7 Å². The van der Waals surface area contributed by atoms with Crippen LogP contribution in [0.5, 0.6) is 5.75 Å². The molecular weight excluding hydrogens is 226 g/mol. The Balaban J connectivity index is 1.98. The van der Waals surface area contributed by atoms with E-state index in [0.29, 0.717) is 13.0 Å². The lowest BCUT2D eigenvalue weighted by Gasteiger charge is -2.08. The second-order valence-electron chi connectivity index (χ2n) is 4.00. The molecule has 3 heteroatoms. The second kappa shape index (κ2) is 5.96. The highest BCUT2D eigenvalue weighted by atomic mass is 16.5. The highest BCUT2D eigenvalue weighted by Gasteiger charge is 2.00. The molecule has 0 spiro atoms. The van der Waals surface area contributed by atoms with Crippen LogP contribution in [0.4, 0.5) is 0 Å². The van der Waals surface area contributed by atoms with Crippen LogP contribution in [-0.2, 0) is 17.8 Å². The van der Waals surface area contributed by atoms with Crippen LogP contribution >= 0.6 is 0 Å². The van der Waals surface area contributed by atoms with Crippen LogP contribution in [0.1, 0.15) is 16.8 Å². The number of hydrogen-bond acceptors (Lipinski definition) is 3. The molecule has 18 heavy (non-hydrogen) atoms. The van der Waals surface area contributed by atoms with E-state index >= 15 is 0 Å². The van der Waals surface area contributed by atoms with Crippen molar-refractivity contribution in [1.29, 1.82) is 0 Å². The number of ether oxygens (including phenoxy) is 1. The lowest BCUT2D eigenvalue weighted by atomic mass is 10.1. The number of pyridine rings is 1. The first-order valence-corrected chi connectivity index (χ1v) is 5.77. The summed E-state index contributed by atoms with van der Waals surface area (Å²) in [6, 6.07) is 11.4. The van der Waals surface area contributed by atoms with Crippen LogP contribution in [0, 0.1) is 6.92 Å². The van der Waals surface area contributed by atoms with Gasteiger partial charge in [-0.2, -0.15) is 0 Å². The summed E-state index contributed by atoms with van der Waals surface area (Å²) in [7, 11) is 0. The molecule has 0 saturated heterocycles. The van der Waals surface area contributed by atoms with Gasteiger partial charge in [-0.3, -0.25) is 9.78 Å². The smallest absolute Gasteiger partial charge is 0.203 e. The molecule has 1 aromatic heterocycles. The Hall–Kier alpha value is -2.16. The Labute approximate surface area is 106 Å². The van der Waals surface area contributed by atoms with E-state index in [2.05, 4.69) is 4.98 Å². The summed E-state index contributed by atoms with van der Waals surface area (Å²) in [6.45, 7) is 2.46. The Morgan fingerprint density at radius 2 is 2.00 bits per heavy atom. The molecule has 0 aliphatic heterocycles. The molecule has 3 nitrogen and oxygen atoms in total. The molecule has 0 bridgehead atoms. The van der Waals surface area contributed by atoms with E-state index in [9.17, 15) is 4.79 Å². The van der Waals surface area contributed by atoms with Gasteiger partial charge in [-0.15, -0.1) is 0 Å². The van der Waals surface area contributed by atoms with Gasteiger partial charge in [-0.1, -0.05) is 18.2 Å². The van der Waals surface area contributed by atoms with Crippen LogP contribution < -0.4 is 4.74 Å². The maximum atomic E-state index is 10.2. The number of rotatable bonds is 5. The van der Waals surface area contributed by atoms with Gasteiger partial charge in [0, 0.05) is 23.9 Å². The van der Waals surface area contributed by atoms with Gasteiger partial charge in [-0.25, -0.2) is 0 Å². The number of aryl methyl sites for hydroxylation is 1. The second-order valence-corrected chi connectivity index (χ2v) is 4.00. The van der Waals surface area contributed by atoms with Crippen LogP contribution in [0.2, 0.25) is 0 Å². The largest absolute Gasteiger partial charge is 0.489 e. The highest BCUT2D eigenvalue weighted by Crippen LogP contribution is 2.15. The van der Waals surface area contributed by atoms with Gasteiger partial charge in [0.15, 0.2) is 0 Å². The normalized spacial score (nSPS) is 10.1. The van der Waals surface area contributed by atoms with Crippen LogP contribution in [0.25, 0.3) is 0 Å². The molecule has 0 saturated carbocycles. The standard InChI is InChI=1S/C15H14NO2/c1-12-14(3-2-9-16-12)11-18-15-6-4-13(5-7-15)8-10-17/h2-7,9H,8,11H2,1H3. The number of aromatic nitrogens is 1. The van der Waals surface area contributed by atoms with Crippen molar-refractivity contribution in [2.24, 2.45) is 0 Å². The summed E-state index contributed by atoms with van der Waals surface area (Å²) < 4.78 is 5.67. The van der Waals surface area contributed by atoms with Crippen molar-refractivity contribution in [2.45, 2.75) is 20.0 Å². The third-order valence-corrected chi connectivity index (χ3v) is 2.71. The fraction of sp³-hybridized carbons (Fsp3) is 0.200. The molecule has 91 valence electrons. The first kappa shape index (κ1) is 12.3. The molecule has 0 fully saturated rings. The zero-order valence-corrected chi connectivity index (χ0v) is 10.2. The molecule has 2 rings (SSSR count). The van der Waals surface area contributed by atoms with Gasteiger partial charge in [0.2, 0.25) is 6.29 Å². The number of nitrogens with zero attached hydrogens (tertiary/aromatic N) is 1. The Morgan fingerprint density at radius 1 is 1.22 bits per heavy atom. The quantitative estimate of drug-likeness (QED) is 0.806. The lowest BCUT2D eigenvalue weighted by molar-refractivity contribution is 0.305. The molecule has 0 unspecified atom stereocenters. The Morgan fingerprint density at radius 3 is 2.67 bits per heavy atom. The van der Waals surface area contributed by atoms with Crippen molar-refractivity contribution in [2.75, 3.05) is 0 Å². The Kier molecular flexibility index (Phi) is 4.07. The van der Waals surface area contributed by atoms with Crippen LogP contribution in [0.15, 0.2) is 42.6 Å². The average Bonchev–Trinajstić information content (AvgIpc) is 2.40. The van der Waals surface area contributed by atoms with E-state index < -0.39 is 0 Å². The number of carbonyl (C=O) groups excluding carboxylic acids is 1. The third kappa shape index (κ3) is 3.17. The minimum atomic E-state index is 0.321. The maximum Gasteiger partial charge on any atom is 0.203 e. The minimum Gasteiger partial charge on any atom is -0.489 e. The molecule has 0 atom stereocenters. The van der Waals surface area contributed by atoms with Gasteiger partial charge in [0.1, 0.15) is 12.4 Å². The summed E-state index contributed by atoms with van der Waals surface area (Å²) in [5.41, 5.74) is 2.99. The summed E-state index contributed by atoms with van der Waals surface area (Å²) in [5, 5.41) is 0. The maximum absolute atomic E-state index is 10.2. The Bertz CT molecular complexity index is 520. The summed E-state index contributed by atoms with van der Waals surface area (Å²) in [5.74, 6) is 0.785. The van der Waals surface area contributed by atoms with E-state index in [4.69, 9.17) is 4.74 Å². The SMILES string of the molecule is Cc1ncccc1COc1ccc(C[C]=O)cc1.